The van der Waals surface area contributed by atoms with Gasteiger partial charge in [-0.15, -0.1) is 0 Å². The zero-order chi connectivity index (χ0) is 10.8. The molecule has 16 heavy (non-hydrogen) atoms. The molecule has 0 bridgehead atoms. The van der Waals surface area contributed by atoms with Crippen molar-refractivity contribution in [1.29, 1.82) is 0 Å². The normalized spacial score (nSPS) is 3.00. The zero-order valence-corrected chi connectivity index (χ0v) is 17.4. The van der Waals surface area contributed by atoms with Gasteiger partial charge in [0.2, 0.25) is 0 Å². The molecule has 0 atom stereocenters. The average molecular weight is 272 g/mol. The van der Waals surface area contributed by atoms with Crippen LogP contribution in [0.5, 0.6) is 0 Å². The molecule has 0 aromatic rings. The van der Waals surface area contributed by atoms with Gasteiger partial charge in [-0.25, -0.2) is 0 Å². The van der Waals surface area contributed by atoms with Gasteiger partial charge in [-0.05, 0) is 0 Å². The van der Waals surface area contributed by atoms with Crippen LogP contribution in [-0.2, 0) is 19.2 Å². The van der Waals surface area contributed by atoms with E-state index in [2.05, 4.69) is 0 Å². The third-order valence-electron chi connectivity index (χ3n) is 0. The minimum absolute atomic E-state index is 0. The summed E-state index contributed by atoms with van der Waals surface area (Å²) in [6.07, 6.45) is 0. The van der Waals surface area contributed by atoms with Crippen LogP contribution in [0.25, 0.3) is 0 Å². The molecule has 0 unspecified atom stereocenters. The van der Waals surface area contributed by atoms with E-state index in [-0.39, 0.29) is 118 Å². The van der Waals surface area contributed by atoms with Crippen molar-refractivity contribution in [2.24, 2.45) is 0 Å². The van der Waals surface area contributed by atoms with Gasteiger partial charge in [0, 0.05) is 0 Å². The van der Waals surface area contributed by atoms with Crippen molar-refractivity contribution in [3.63, 3.8) is 0 Å². The molecule has 0 aliphatic carbocycles. The summed E-state index contributed by atoms with van der Waals surface area (Å²) in [5.74, 6) is 0. The fourth-order valence-corrected chi connectivity index (χ4v) is 0. The van der Waals surface area contributed by atoms with Crippen molar-refractivity contribution in [3.8, 4) is 0 Å². The maximum Gasteiger partial charge on any atom is 1.00 e. The molecule has 0 fully saturated rings. The second kappa shape index (κ2) is 123. The van der Waals surface area contributed by atoms with Crippen LogP contribution in [0.3, 0.4) is 0 Å². The van der Waals surface area contributed by atoms with Crippen LogP contribution in [0.4, 0.5) is 0 Å². The van der Waals surface area contributed by atoms with Crippen molar-refractivity contribution < 1.29 is 158 Å². The van der Waals surface area contributed by atoms with Crippen LogP contribution in [0.2, 0.25) is 0 Å². The monoisotopic (exact) mass is 272 g/mol. The minimum Gasteiger partial charge on any atom is -0.665 e. The molecule has 0 spiro atoms. The minimum atomic E-state index is 0. The number of hydrogen-bond donors (Lipinski definition) is 4. The molecule has 0 amide bonds. The topological polar surface area (TPSA) is 149 Å². The van der Waals surface area contributed by atoms with Crippen molar-refractivity contribution in [2.45, 2.75) is 0 Å². The fraction of sp³-hybridized carbons (Fsp3) is 0. The second-order valence-corrected chi connectivity index (χ2v) is 0.365. The van der Waals surface area contributed by atoms with E-state index in [0.717, 1.165) is 0 Å². The fourth-order valence-electron chi connectivity index (χ4n) is 0. The van der Waals surface area contributed by atoms with Gasteiger partial charge in [0.05, 0.1) is 0 Å². The Morgan fingerprint density at radius 1 is 0.438 bits per heavy atom. The van der Waals surface area contributed by atoms with Crippen molar-refractivity contribution in [3.05, 3.63) is 0 Å². The van der Waals surface area contributed by atoms with Gasteiger partial charge < -0.3 is 39.6 Å². The molecule has 72 valence electrons. The molecule has 0 aliphatic rings. The molecule has 12 heteroatoms. The van der Waals surface area contributed by atoms with Gasteiger partial charge >= 0.3 is 118 Å². The molecule has 0 rings (SSSR count). The van der Waals surface area contributed by atoms with E-state index >= 15 is 0 Å². The SMILES string of the molecule is O=[C-]O.O=[C-]O.O=[C-]O.O=[C-]O.[Na+].[Na+].[Na+].[Na+]. The molecule has 0 aromatic heterocycles. The Labute approximate surface area is 180 Å². The summed E-state index contributed by atoms with van der Waals surface area (Å²) in [6, 6.07) is 0. The average Bonchev–Trinajstić information content (AvgIpc) is 1.92. The van der Waals surface area contributed by atoms with Crippen LogP contribution in [0.15, 0.2) is 0 Å². The number of aliphatic hydroxyl groups excluding tert-OH is 4. The van der Waals surface area contributed by atoms with E-state index in [4.69, 9.17) is 39.6 Å². The van der Waals surface area contributed by atoms with Gasteiger partial charge in [-0.1, -0.05) is 25.9 Å². The van der Waals surface area contributed by atoms with E-state index in [0.29, 0.717) is 25.9 Å². The van der Waals surface area contributed by atoms with Gasteiger partial charge in [0.25, 0.3) is 0 Å². The Morgan fingerprint density at radius 2 is 0.438 bits per heavy atom. The molecular weight excluding hydrogens is 268 g/mol. The predicted octanol–water partition coefficient (Wildman–Crippen LogP) is -13.5. The molecule has 0 aromatic carbocycles. The maximum atomic E-state index is 8.24. The first kappa shape index (κ1) is 52.2. The van der Waals surface area contributed by atoms with Crippen LogP contribution < -0.4 is 118 Å². The molecule has 0 radical (unpaired) electrons. The summed E-state index contributed by atoms with van der Waals surface area (Å²) in [5, 5.41) is 27.1. The van der Waals surface area contributed by atoms with E-state index < -0.39 is 0 Å². The van der Waals surface area contributed by atoms with E-state index in [9.17, 15) is 0 Å². The van der Waals surface area contributed by atoms with Crippen LogP contribution >= 0.6 is 0 Å². The third kappa shape index (κ3) is 995. The van der Waals surface area contributed by atoms with Crippen LogP contribution in [0.1, 0.15) is 0 Å². The smallest absolute Gasteiger partial charge is 0.665 e. The third-order valence-corrected chi connectivity index (χ3v) is 0. The summed E-state index contributed by atoms with van der Waals surface area (Å²) in [6.45, 7) is 2.00. The van der Waals surface area contributed by atoms with Crippen LogP contribution in [0, 0.1) is 0 Å². The molecule has 8 nitrogen and oxygen atoms in total. The zero-order valence-electron chi connectivity index (χ0n) is 9.42. The Balaban J connectivity index is -0.00000000821. The summed E-state index contributed by atoms with van der Waals surface area (Å²) < 4.78 is 0. The van der Waals surface area contributed by atoms with Crippen molar-refractivity contribution in [2.75, 3.05) is 0 Å². The molecule has 0 heterocycles. The molecular formula is C4H4Na4O8. The van der Waals surface area contributed by atoms with Gasteiger partial charge in [0.1, 0.15) is 0 Å². The molecule has 0 aliphatic heterocycles. The first-order chi connectivity index (χ1) is 5.66. The standard InChI is InChI=1S/4CHO2.4Na/c4*2-1-3;;;;/h4*(H,2,3);;;;/q4*-1;4*+1. The van der Waals surface area contributed by atoms with E-state index in [1.165, 1.54) is 0 Å². The predicted molar refractivity (Wildman–Crippen MR) is 33.3 cm³/mol. The summed E-state index contributed by atoms with van der Waals surface area (Å²) in [7, 11) is 0. The first-order valence-corrected chi connectivity index (χ1v) is 1.71. The Morgan fingerprint density at radius 3 is 0.438 bits per heavy atom. The molecule has 0 saturated heterocycles. The summed E-state index contributed by atoms with van der Waals surface area (Å²) >= 11 is 0. The van der Waals surface area contributed by atoms with Gasteiger partial charge in [0.15, 0.2) is 0 Å². The largest absolute Gasteiger partial charge is 1.00 e. The Kier molecular flexibility index (Phi) is 402. The summed E-state index contributed by atoms with van der Waals surface area (Å²) in [5.41, 5.74) is 0. The van der Waals surface area contributed by atoms with Crippen molar-refractivity contribution >= 4 is 25.9 Å². The van der Waals surface area contributed by atoms with E-state index in [1.807, 2.05) is 0 Å². The maximum absolute atomic E-state index is 8.24. The Bertz CT molecular complexity index is 78.0. The van der Waals surface area contributed by atoms with E-state index in [1.54, 1.807) is 0 Å². The van der Waals surface area contributed by atoms with Gasteiger partial charge in [-0.2, -0.15) is 0 Å². The molecule has 4 N–H and O–H groups in total. The quantitative estimate of drug-likeness (QED) is 0.251. The number of hydrogen-bond acceptors (Lipinski definition) is 4. The Hall–Kier alpha value is 1.88. The first-order valence-electron chi connectivity index (χ1n) is 1.71. The summed E-state index contributed by atoms with van der Waals surface area (Å²) in [4.78, 5) is 32.9. The van der Waals surface area contributed by atoms with Crippen molar-refractivity contribution in [1.82, 2.24) is 0 Å². The van der Waals surface area contributed by atoms with Gasteiger partial charge in [-0.3, -0.25) is 0 Å². The number of rotatable bonds is 0. The molecule has 0 saturated carbocycles. The van der Waals surface area contributed by atoms with Crippen LogP contribution in [-0.4, -0.2) is 46.3 Å². The second-order valence-electron chi connectivity index (χ2n) is 0.365.